The fourth-order valence-corrected chi connectivity index (χ4v) is 8.38. The summed E-state index contributed by atoms with van der Waals surface area (Å²) in [5.41, 5.74) is 11.4. The lowest BCUT2D eigenvalue weighted by Gasteiger charge is -2.10. The van der Waals surface area contributed by atoms with Crippen molar-refractivity contribution in [3.63, 3.8) is 0 Å². The molecule has 6 heteroatoms. The number of para-hydroxylation sites is 3. The second kappa shape index (κ2) is 12.3. The Bertz CT molecular complexity index is 3530. The second-order valence-electron chi connectivity index (χ2n) is 14.4. The maximum absolute atomic E-state index is 6.84. The van der Waals surface area contributed by atoms with E-state index in [4.69, 9.17) is 23.8 Å². The first kappa shape index (κ1) is 31.5. The van der Waals surface area contributed by atoms with Gasteiger partial charge in [0.1, 0.15) is 22.3 Å². The summed E-state index contributed by atoms with van der Waals surface area (Å²) < 4.78 is 15.5. The molecule has 8 aromatic carbocycles. The Morgan fingerprint density at radius 1 is 0.333 bits per heavy atom. The maximum Gasteiger partial charge on any atom is 0.167 e. The number of hydrogen-bond acceptors (Lipinski definition) is 5. The van der Waals surface area contributed by atoms with Gasteiger partial charge in [0, 0.05) is 49.1 Å². The van der Waals surface area contributed by atoms with Gasteiger partial charge in [-0.1, -0.05) is 127 Å². The molecule has 0 amide bonds. The van der Waals surface area contributed by atoms with Crippen molar-refractivity contribution in [1.82, 2.24) is 19.5 Å². The molecule has 0 radical (unpaired) electrons. The minimum absolute atomic E-state index is 0.533. The summed E-state index contributed by atoms with van der Waals surface area (Å²) in [6.45, 7) is 0. The predicted molar refractivity (Wildman–Crippen MR) is 230 cm³/mol. The molecule has 266 valence electrons. The molecule has 6 nitrogen and oxygen atoms in total. The van der Waals surface area contributed by atoms with E-state index in [0.29, 0.717) is 17.5 Å². The van der Waals surface area contributed by atoms with Crippen LogP contribution in [0.15, 0.2) is 191 Å². The maximum atomic E-state index is 6.84. The fraction of sp³-hybridized carbons (Fsp3) is 0. The molecule has 0 saturated carbocycles. The van der Waals surface area contributed by atoms with Gasteiger partial charge in [-0.3, -0.25) is 0 Å². The van der Waals surface area contributed by atoms with Gasteiger partial charge in [0.15, 0.2) is 17.5 Å². The minimum Gasteiger partial charge on any atom is -0.456 e. The summed E-state index contributed by atoms with van der Waals surface area (Å²) in [6, 6.07) is 62.8. The van der Waals surface area contributed by atoms with Crippen LogP contribution < -0.4 is 0 Å². The third-order valence-electron chi connectivity index (χ3n) is 11.0. The zero-order valence-corrected chi connectivity index (χ0v) is 30.4. The topological polar surface area (TPSA) is 69.9 Å². The van der Waals surface area contributed by atoms with Crippen LogP contribution in [-0.4, -0.2) is 19.5 Å². The van der Waals surface area contributed by atoms with Crippen molar-refractivity contribution in [2.45, 2.75) is 0 Å². The van der Waals surface area contributed by atoms with Crippen LogP contribution in [0, 0.1) is 0 Å². The highest BCUT2D eigenvalue weighted by Crippen LogP contribution is 2.41. The van der Waals surface area contributed by atoms with Gasteiger partial charge in [0.2, 0.25) is 0 Å². The molecular formula is C51H30N4O2. The average molecular weight is 731 g/mol. The van der Waals surface area contributed by atoms with Gasteiger partial charge in [-0.05, 0) is 65.7 Å². The quantitative estimate of drug-likeness (QED) is 0.176. The lowest BCUT2D eigenvalue weighted by atomic mass is 10.0. The Kier molecular flexibility index (Phi) is 6.83. The minimum atomic E-state index is 0.533. The molecule has 12 aromatic rings. The Balaban J connectivity index is 1.06. The van der Waals surface area contributed by atoms with Crippen molar-refractivity contribution >= 4 is 65.7 Å². The van der Waals surface area contributed by atoms with Gasteiger partial charge in [-0.25, -0.2) is 15.0 Å². The third-order valence-corrected chi connectivity index (χ3v) is 11.0. The number of nitrogens with zero attached hydrogens (tertiary/aromatic N) is 4. The molecule has 0 fully saturated rings. The smallest absolute Gasteiger partial charge is 0.167 e. The molecule has 4 aromatic heterocycles. The first-order chi connectivity index (χ1) is 28.2. The van der Waals surface area contributed by atoms with Crippen LogP contribution >= 0.6 is 0 Å². The van der Waals surface area contributed by atoms with Crippen LogP contribution in [0.3, 0.4) is 0 Å². The number of benzene rings is 8. The molecule has 0 atom stereocenters. The molecule has 12 rings (SSSR count). The van der Waals surface area contributed by atoms with E-state index >= 15 is 0 Å². The van der Waals surface area contributed by atoms with Gasteiger partial charge < -0.3 is 13.4 Å². The number of furan rings is 2. The van der Waals surface area contributed by atoms with Crippen LogP contribution in [-0.2, 0) is 0 Å². The average Bonchev–Trinajstić information content (AvgIpc) is 3.95. The molecule has 0 spiro atoms. The van der Waals surface area contributed by atoms with Crippen molar-refractivity contribution in [2.75, 3.05) is 0 Å². The Morgan fingerprint density at radius 2 is 0.982 bits per heavy atom. The summed E-state index contributed by atoms with van der Waals surface area (Å²) in [4.78, 5) is 15.2. The summed E-state index contributed by atoms with van der Waals surface area (Å²) in [7, 11) is 0. The first-order valence-electron chi connectivity index (χ1n) is 19.0. The molecule has 0 bridgehead atoms. The Morgan fingerprint density at radius 3 is 1.84 bits per heavy atom. The van der Waals surface area contributed by atoms with Crippen molar-refractivity contribution < 1.29 is 8.83 Å². The Hall–Kier alpha value is -7.83. The lowest BCUT2D eigenvalue weighted by molar-refractivity contribution is 0.668. The van der Waals surface area contributed by atoms with E-state index in [1.807, 2.05) is 60.7 Å². The van der Waals surface area contributed by atoms with Crippen LogP contribution in [0.25, 0.3) is 117 Å². The SMILES string of the molecule is c1ccc(-c2cccc(-n3c4ccccc4c4cc5oc6c(-c7nc(-c8ccccc8)nc(-c8ccc9c(c8)oc8ccccc89)n7)cccc6c5cc43)c2)cc1. The summed E-state index contributed by atoms with van der Waals surface area (Å²) >= 11 is 0. The van der Waals surface area contributed by atoms with Crippen molar-refractivity contribution in [1.29, 1.82) is 0 Å². The zero-order chi connectivity index (χ0) is 37.5. The number of aromatic nitrogens is 4. The third kappa shape index (κ3) is 5.01. The van der Waals surface area contributed by atoms with Crippen LogP contribution in [0.1, 0.15) is 0 Å². The van der Waals surface area contributed by atoms with Crippen molar-refractivity contribution in [2.24, 2.45) is 0 Å². The largest absolute Gasteiger partial charge is 0.456 e. The molecule has 4 heterocycles. The highest BCUT2D eigenvalue weighted by atomic mass is 16.3. The molecule has 0 aliphatic rings. The standard InChI is InChI=1S/C51H30N4O2/c1-3-13-31(14-4-1)33-17-11-18-35(27-33)55-43-23-9-7-19-36(43)41-30-47-42(29-44(41)55)39-21-12-22-40(48(39)57-47)51-53-49(32-15-5-2-6-16-32)52-50(54-51)34-25-26-38-37-20-8-10-24-45(37)56-46(38)28-34/h1-30H. The van der Waals surface area contributed by atoms with Gasteiger partial charge in [-0.2, -0.15) is 0 Å². The predicted octanol–water partition coefficient (Wildman–Crippen LogP) is 13.4. The van der Waals surface area contributed by atoms with Crippen LogP contribution in [0.5, 0.6) is 0 Å². The molecule has 57 heavy (non-hydrogen) atoms. The highest BCUT2D eigenvalue weighted by molar-refractivity contribution is 6.18. The molecule has 0 unspecified atom stereocenters. The fourth-order valence-electron chi connectivity index (χ4n) is 8.38. The normalized spacial score (nSPS) is 11.9. The Labute approximate surface area is 325 Å². The van der Waals surface area contributed by atoms with Crippen LogP contribution in [0.2, 0.25) is 0 Å². The number of fused-ring (bicyclic) bond motifs is 9. The molecular weight excluding hydrogens is 701 g/mol. The molecule has 0 aliphatic heterocycles. The van der Waals surface area contributed by atoms with E-state index in [0.717, 1.165) is 88.1 Å². The van der Waals surface area contributed by atoms with Crippen LogP contribution in [0.4, 0.5) is 0 Å². The van der Waals surface area contributed by atoms with Gasteiger partial charge in [0.05, 0.1) is 16.6 Å². The lowest BCUT2D eigenvalue weighted by Crippen LogP contribution is -2.00. The highest BCUT2D eigenvalue weighted by Gasteiger charge is 2.21. The summed E-state index contributed by atoms with van der Waals surface area (Å²) in [6.07, 6.45) is 0. The first-order valence-corrected chi connectivity index (χ1v) is 19.0. The monoisotopic (exact) mass is 730 g/mol. The van der Waals surface area contributed by atoms with Gasteiger partial charge >= 0.3 is 0 Å². The van der Waals surface area contributed by atoms with E-state index in [9.17, 15) is 0 Å². The van der Waals surface area contributed by atoms with Crippen molar-refractivity contribution in [3.05, 3.63) is 182 Å². The van der Waals surface area contributed by atoms with E-state index in [2.05, 4.69) is 126 Å². The van der Waals surface area contributed by atoms with Gasteiger partial charge in [-0.15, -0.1) is 0 Å². The van der Waals surface area contributed by atoms with E-state index in [1.165, 1.54) is 11.1 Å². The van der Waals surface area contributed by atoms with E-state index < -0.39 is 0 Å². The number of hydrogen-bond donors (Lipinski definition) is 0. The second-order valence-corrected chi connectivity index (χ2v) is 14.4. The van der Waals surface area contributed by atoms with Crippen molar-refractivity contribution in [3.8, 4) is 51.0 Å². The molecule has 0 N–H and O–H groups in total. The van der Waals surface area contributed by atoms with E-state index in [1.54, 1.807) is 0 Å². The summed E-state index contributed by atoms with van der Waals surface area (Å²) in [5.74, 6) is 1.67. The van der Waals surface area contributed by atoms with E-state index in [-0.39, 0.29) is 0 Å². The summed E-state index contributed by atoms with van der Waals surface area (Å²) in [5, 5.41) is 6.43. The molecule has 0 saturated heterocycles. The van der Waals surface area contributed by atoms with Gasteiger partial charge in [0.25, 0.3) is 0 Å². The zero-order valence-electron chi connectivity index (χ0n) is 30.4. The molecule has 0 aliphatic carbocycles. The number of rotatable bonds is 5.